The number of nitrogens with zero attached hydrogens (tertiary/aromatic N) is 2. The fourth-order valence-electron chi connectivity index (χ4n) is 2.30. The minimum atomic E-state index is 0.772. The normalized spacial score (nSPS) is 31.5. The van der Waals surface area contributed by atoms with Crippen LogP contribution in [0.25, 0.3) is 0 Å². The zero-order valence-corrected chi connectivity index (χ0v) is 8.88. The Bertz CT molecular complexity index is 116. The first-order valence-corrected chi connectivity index (χ1v) is 4.96. The minimum absolute atomic E-state index is 0.772. The van der Waals surface area contributed by atoms with Crippen molar-refractivity contribution in [1.29, 1.82) is 0 Å². The summed E-state index contributed by atoms with van der Waals surface area (Å²) < 4.78 is 0. The minimum Gasteiger partial charge on any atom is -0.305 e. The quantitative estimate of drug-likeness (QED) is 0.618. The molecule has 12 heavy (non-hydrogen) atoms. The van der Waals surface area contributed by atoms with Crippen molar-refractivity contribution in [3.8, 4) is 0 Å². The lowest BCUT2D eigenvalue weighted by molar-refractivity contribution is 0.110. The summed E-state index contributed by atoms with van der Waals surface area (Å²) in [6.07, 6.45) is 5.56. The van der Waals surface area contributed by atoms with Gasteiger partial charge in [0.1, 0.15) is 0 Å². The van der Waals surface area contributed by atoms with E-state index in [4.69, 9.17) is 0 Å². The number of rotatable bonds is 2. The van der Waals surface area contributed by atoms with Crippen LogP contribution in [-0.2, 0) is 0 Å². The molecule has 2 nitrogen and oxygen atoms in total. The van der Waals surface area contributed by atoms with Gasteiger partial charge in [0.05, 0.1) is 0 Å². The van der Waals surface area contributed by atoms with Gasteiger partial charge in [0.2, 0.25) is 0 Å². The summed E-state index contributed by atoms with van der Waals surface area (Å²) in [4.78, 5) is 4.76. The van der Waals surface area contributed by atoms with E-state index in [1.807, 2.05) is 0 Å². The molecule has 0 aromatic heterocycles. The third-order valence-electron chi connectivity index (χ3n) is 3.02. The standard InChI is InChI=1S/C10H22N2/c1-11(2)9-7-5-6-8-10(9)12(3)4/h9-10H,5-8H2,1-4H3/t9-,10+. The summed E-state index contributed by atoms with van der Waals surface area (Å²) in [5, 5.41) is 0. The highest BCUT2D eigenvalue weighted by Gasteiger charge is 2.27. The van der Waals surface area contributed by atoms with Crippen molar-refractivity contribution in [1.82, 2.24) is 9.80 Å². The van der Waals surface area contributed by atoms with Gasteiger partial charge in [-0.15, -0.1) is 0 Å². The Kier molecular flexibility index (Phi) is 3.53. The summed E-state index contributed by atoms with van der Waals surface area (Å²) in [5.74, 6) is 0. The van der Waals surface area contributed by atoms with Crippen LogP contribution in [0.4, 0.5) is 0 Å². The molecule has 0 heterocycles. The van der Waals surface area contributed by atoms with Gasteiger partial charge in [0.15, 0.2) is 0 Å². The van der Waals surface area contributed by atoms with E-state index in [9.17, 15) is 0 Å². The second-order valence-electron chi connectivity index (χ2n) is 4.35. The lowest BCUT2D eigenvalue weighted by Gasteiger charge is -2.39. The Labute approximate surface area is 76.5 Å². The molecule has 0 unspecified atom stereocenters. The summed E-state index contributed by atoms with van der Waals surface area (Å²) in [6, 6.07) is 1.54. The second kappa shape index (κ2) is 4.24. The van der Waals surface area contributed by atoms with Crippen molar-refractivity contribution in [2.45, 2.75) is 37.8 Å². The van der Waals surface area contributed by atoms with Crippen LogP contribution >= 0.6 is 0 Å². The number of hydrogen-bond acceptors (Lipinski definition) is 2. The Hall–Kier alpha value is -0.0800. The highest BCUT2D eigenvalue weighted by molar-refractivity contribution is 4.85. The molecule has 0 amide bonds. The first-order chi connectivity index (χ1) is 5.63. The summed E-state index contributed by atoms with van der Waals surface area (Å²) in [7, 11) is 8.80. The Morgan fingerprint density at radius 2 is 1.08 bits per heavy atom. The van der Waals surface area contributed by atoms with Crippen LogP contribution in [0.5, 0.6) is 0 Å². The van der Waals surface area contributed by atoms with Gasteiger partial charge in [-0.3, -0.25) is 0 Å². The molecule has 72 valence electrons. The van der Waals surface area contributed by atoms with Gasteiger partial charge in [-0.25, -0.2) is 0 Å². The number of likely N-dealkylation sites (N-methyl/N-ethyl adjacent to an activating group) is 2. The third kappa shape index (κ3) is 2.20. The van der Waals surface area contributed by atoms with Crippen LogP contribution in [0.2, 0.25) is 0 Å². The molecular weight excluding hydrogens is 148 g/mol. The van der Waals surface area contributed by atoms with Crippen molar-refractivity contribution in [3.05, 3.63) is 0 Å². The lowest BCUT2D eigenvalue weighted by Crippen LogP contribution is -2.48. The molecule has 1 fully saturated rings. The van der Waals surface area contributed by atoms with Crippen LogP contribution in [0.1, 0.15) is 25.7 Å². The Morgan fingerprint density at radius 3 is 1.33 bits per heavy atom. The Morgan fingerprint density at radius 1 is 0.750 bits per heavy atom. The highest BCUT2D eigenvalue weighted by atomic mass is 15.2. The molecule has 0 radical (unpaired) electrons. The van der Waals surface area contributed by atoms with Gasteiger partial charge in [0.25, 0.3) is 0 Å². The third-order valence-corrected chi connectivity index (χ3v) is 3.02. The molecule has 1 rings (SSSR count). The monoisotopic (exact) mass is 170 g/mol. The van der Waals surface area contributed by atoms with E-state index in [1.165, 1.54) is 25.7 Å². The zero-order valence-electron chi connectivity index (χ0n) is 8.88. The maximum Gasteiger partial charge on any atom is 0.0245 e. The summed E-state index contributed by atoms with van der Waals surface area (Å²) >= 11 is 0. The molecule has 0 aromatic rings. The average molecular weight is 170 g/mol. The first-order valence-electron chi connectivity index (χ1n) is 4.96. The molecule has 0 saturated heterocycles. The maximum atomic E-state index is 2.38. The van der Waals surface area contributed by atoms with Crippen molar-refractivity contribution in [2.24, 2.45) is 0 Å². The molecular formula is C10H22N2. The predicted octanol–water partition coefficient (Wildman–Crippen LogP) is 1.42. The summed E-state index contributed by atoms with van der Waals surface area (Å²) in [5.41, 5.74) is 0. The van der Waals surface area contributed by atoms with E-state index in [1.54, 1.807) is 0 Å². The number of hydrogen-bond donors (Lipinski definition) is 0. The van der Waals surface area contributed by atoms with Crippen LogP contribution in [0.15, 0.2) is 0 Å². The van der Waals surface area contributed by atoms with E-state index in [-0.39, 0.29) is 0 Å². The first kappa shape index (κ1) is 10.0. The van der Waals surface area contributed by atoms with Crippen LogP contribution < -0.4 is 0 Å². The van der Waals surface area contributed by atoms with Gasteiger partial charge in [0, 0.05) is 12.1 Å². The van der Waals surface area contributed by atoms with E-state index < -0.39 is 0 Å². The second-order valence-corrected chi connectivity index (χ2v) is 4.35. The van der Waals surface area contributed by atoms with Crippen molar-refractivity contribution in [3.63, 3.8) is 0 Å². The molecule has 1 aliphatic rings. The predicted molar refractivity (Wildman–Crippen MR) is 53.4 cm³/mol. The molecule has 0 N–H and O–H groups in total. The highest BCUT2D eigenvalue weighted by Crippen LogP contribution is 2.24. The molecule has 1 saturated carbocycles. The van der Waals surface area contributed by atoms with Gasteiger partial charge in [-0.05, 0) is 41.0 Å². The molecule has 1 aliphatic carbocycles. The average Bonchev–Trinajstić information content (AvgIpc) is 2.04. The van der Waals surface area contributed by atoms with Gasteiger partial charge < -0.3 is 9.80 Å². The van der Waals surface area contributed by atoms with Crippen molar-refractivity contribution < 1.29 is 0 Å². The van der Waals surface area contributed by atoms with Crippen molar-refractivity contribution in [2.75, 3.05) is 28.2 Å². The van der Waals surface area contributed by atoms with E-state index in [2.05, 4.69) is 38.0 Å². The molecule has 0 spiro atoms. The summed E-state index contributed by atoms with van der Waals surface area (Å²) in [6.45, 7) is 0. The van der Waals surface area contributed by atoms with Crippen LogP contribution in [-0.4, -0.2) is 50.1 Å². The Balaban J connectivity index is 2.54. The largest absolute Gasteiger partial charge is 0.305 e. The topological polar surface area (TPSA) is 6.48 Å². The fraction of sp³-hybridized carbons (Fsp3) is 1.00. The molecule has 0 aliphatic heterocycles. The van der Waals surface area contributed by atoms with E-state index in [0.29, 0.717) is 0 Å². The molecule has 2 heteroatoms. The lowest BCUT2D eigenvalue weighted by atomic mass is 9.89. The molecule has 0 bridgehead atoms. The maximum absolute atomic E-state index is 2.38. The SMILES string of the molecule is CN(C)[C@@H]1CCCC[C@@H]1N(C)C. The van der Waals surface area contributed by atoms with E-state index in [0.717, 1.165) is 12.1 Å². The molecule has 0 aromatic carbocycles. The smallest absolute Gasteiger partial charge is 0.0245 e. The van der Waals surface area contributed by atoms with Crippen LogP contribution in [0.3, 0.4) is 0 Å². The van der Waals surface area contributed by atoms with Gasteiger partial charge in [-0.1, -0.05) is 12.8 Å². The van der Waals surface area contributed by atoms with Gasteiger partial charge >= 0.3 is 0 Å². The fourth-order valence-corrected chi connectivity index (χ4v) is 2.30. The van der Waals surface area contributed by atoms with Crippen LogP contribution in [0, 0.1) is 0 Å². The molecule has 2 atom stereocenters. The van der Waals surface area contributed by atoms with E-state index >= 15 is 0 Å². The zero-order chi connectivity index (χ0) is 9.14. The van der Waals surface area contributed by atoms with Gasteiger partial charge in [-0.2, -0.15) is 0 Å². The van der Waals surface area contributed by atoms with Crippen molar-refractivity contribution >= 4 is 0 Å².